The highest BCUT2D eigenvalue weighted by atomic mass is 35.5. The minimum atomic E-state index is -3.76. The summed E-state index contributed by atoms with van der Waals surface area (Å²) in [6, 6.07) is 19.8. The van der Waals surface area contributed by atoms with Gasteiger partial charge in [0.15, 0.2) is 11.5 Å². The highest BCUT2D eigenvalue weighted by molar-refractivity contribution is 7.92. The van der Waals surface area contributed by atoms with Gasteiger partial charge in [-0.1, -0.05) is 41.4 Å². The third-order valence-corrected chi connectivity index (χ3v) is 8.57. The molecule has 1 heterocycles. The van der Waals surface area contributed by atoms with E-state index in [2.05, 4.69) is 4.90 Å². The quantitative estimate of drug-likeness (QED) is 0.396. The molecule has 0 amide bonds. The van der Waals surface area contributed by atoms with E-state index < -0.39 is 10.0 Å². The first-order valence-corrected chi connectivity index (χ1v) is 13.4. The van der Waals surface area contributed by atoms with E-state index in [-0.39, 0.29) is 10.9 Å². The summed E-state index contributed by atoms with van der Waals surface area (Å²) in [5, 5.41) is 0.507. The van der Waals surface area contributed by atoms with Gasteiger partial charge in [-0.05, 0) is 62.2 Å². The molecule has 186 valence electrons. The van der Waals surface area contributed by atoms with Crippen LogP contribution in [0.2, 0.25) is 5.02 Å². The number of hydrogen-bond donors (Lipinski definition) is 0. The fourth-order valence-electron chi connectivity index (χ4n) is 4.59. The number of methoxy groups -OCH3 is 2. The Morgan fingerprint density at radius 1 is 0.943 bits per heavy atom. The van der Waals surface area contributed by atoms with E-state index in [1.807, 2.05) is 49.4 Å². The Balaban J connectivity index is 1.57. The SMILES string of the molecule is COc1cccc(CN2CCC(N(c3ccc(C)cc3)S(=O)(=O)c3ccc(Cl)cc3)CC2)c1OC. The second kappa shape index (κ2) is 10.9. The first kappa shape index (κ1) is 25.4. The predicted molar refractivity (Wildman–Crippen MR) is 140 cm³/mol. The smallest absolute Gasteiger partial charge is 0.264 e. The second-order valence-electron chi connectivity index (χ2n) is 8.75. The normalized spacial score (nSPS) is 15.1. The Morgan fingerprint density at radius 3 is 2.20 bits per heavy atom. The lowest BCUT2D eigenvalue weighted by atomic mass is 10.0. The number of aryl methyl sites for hydroxylation is 1. The summed E-state index contributed by atoms with van der Waals surface area (Å²) in [5.41, 5.74) is 2.81. The molecule has 0 atom stereocenters. The number of piperidine rings is 1. The molecular weight excluding hydrogens is 484 g/mol. The van der Waals surface area contributed by atoms with Crippen molar-refractivity contribution < 1.29 is 17.9 Å². The van der Waals surface area contributed by atoms with Gasteiger partial charge in [-0.25, -0.2) is 8.42 Å². The molecular formula is C27H31ClN2O4S. The number of halogens is 1. The molecule has 0 aromatic heterocycles. The molecule has 0 bridgehead atoms. The first-order valence-electron chi connectivity index (χ1n) is 11.6. The summed E-state index contributed by atoms with van der Waals surface area (Å²) in [6.45, 7) is 4.24. The average molecular weight is 515 g/mol. The van der Waals surface area contributed by atoms with E-state index in [1.54, 1.807) is 42.8 Å². The molecule has 1 saturated heterocycles. The molecule has 35 heavy (non-hydrogen) atoms. The van der Waals surface area contributed by atoms with Crippen molar-refractivity contribution in [3.05, 3.63) is 82.9 Å². The summed E-state index contributed by atoms with van der Waals surface area (Å²) in [7, 11) is -0.479. The molecule has 1 aliphatic heterocycles. The lowest BCUT2D eigenvalue weighted by molar-refractivity contribution is 0.203. The van der Waals surface area contributed by atoms with E-state index in [0.29, 0.717) is 35.8 Å². The van der Waals surface area contributed by atoms with Crippen molar-refractivity contribution in [1.29, 1.82) is 0 Å². The molecule has 0 saturated carbocycles. The number of benzene rings is 3. The van der Waals surface area contributed by atoms with Crippen LogP contribution in [0.15, 0.2) is 71.6 Å². The zero-order valence-corrected chi connectivity index (χ0v) is 21.8. The van der Waals surface area contributed by atoms with Crippen molar-refractivity contribution in [2.24, 2.45) is 0 Å². The van der Waals surface area contributed by atoms with Crippen LogP contribution in [0, 0.1) is 6.92 Å². The van der Waals surface area contributed by atoms with E-state index >= 15 is 0 Å². The Labute approximate surface area is 213 Å². The standard InChI is InChI=1S/C27H31ClN2O4S/c1-20-7-11-23(12-8-20)30(35(31,32)25-13-9-22(28)10-14-25)24-15-17-29(18-16-24)19-21-5-4-6-26(33-2)27(21)34-3/h4-14,24H,15-19H2,1-3H3. The predicted octanol–water partition coefficient (Wildman–Crippen LogP) is 5.53. The first-order chi connectivity index (χ1) is 16.8. The number of nitrogens with zero attached hydrogens (tertiary/aromatic N) is 2. The van der Waals surface area contributed by atoms with Crippen LogP contribution in [0.3, 0.4) is 0 Å². The maximum atomic E-state index is 13.8. The van der Waals surface area contributed by atoms with Gasteiger partial charge in [-0.15, -0.1) is 0 Å². The third kappa shape index (κ3) is 5.58. The van der Waals surface area contributed by atoms with E-state index in [1.165, 1.54) is 0 Å². The maximum Gasteiger partial charge on any atom is 0.264 e. The Bertz CT molecular complexity index is 1240. The third-order valence-electron chi connectivity index (χ3n) is 6.43. The van der Waals surface area contributed by atoms with Crippen LogP contribution in [-0.4, -0.2) is 46.7 Å². The summed E-state index contributed by atoms with van der Waals surface area (Å²) in [5.74, 6) is 1.45. The maximum absolute atomic E-state index is 13.8. The van der Waals surface area contributed by atoms with Gasteiger partial charge >= 0.3 is 0 Å². The fraction of sp³-hybridized carbons (Fsp3) is 0.333. The Kier molecular flexibility index (Phi) is 7.89. The lowest BCUT2D eigenvalue weighted by Gasteiger charge is -2.39. The summed E-state index contributed by atoms with van der Waals surface area (Å²) < 4.78 is 40.2. The molecule has 1 fully saturated rings. The van der Waals surface area contributed by atoms with Crippen LogP contribution in [0.25, 0.3) is 0 Å². The van der Waals surface area contributed by atoms with Gasteiger partial charge in [0.2, 0.25) is 0 Å². The largest absolute Gasteiger partial charge is 0.493 e. The molecule has 6 nitrogen and oxygen atoms in total. The van der Waals surface area contributed by atoms with Crippen molar-refractivity contribution in [3.8, 4) is 11.5 Å². The van der Waals surface area contributed by atoms with Crippen LogP contribution in [-0.2, 0) is 16.6 Å². The zero-order chi connectivity index (χ0) is 25.0. The van der Waals surface area contributed by atoms with Crippen molar-refractivity contribution >= 4 is 27.3 Å². The van der Waals surface area contributed by atoms with E-state index in [4.69, 9.17) is 21.1 Å². The topological polar surface area (TPSA) is 59.1 Å². The average Bonchev–Trinajstić information content (AvgIpc) is 2.86. The number of rotatable bonds is 8. The summed E-state index contributed by atoms with van der Waals surface area (Å²) in [6.07, 6.45) is 1.43. The number of para-hydroxylation sites is 1. The van der Waals surface area contributed by atoms with Crippen LogP contribution >= 0.6 is 11.6 Å². The molecule has 0 spiro atoms. The van der Waals surface area contributed by atoms with Crippen molar-refractivity contribution in [3.63, 3.8) is 0 Å². The number of anilines is 1. The Morgan fingerprint density at radius 2 is 1.60 bits per heavy atom. The van der Waals surface area contributed by atoms with Gasteiger partial charge < -0.3 is 9.47 Å². The van der Waals surface area contributed by atoms with Crippen LogP contribution in [0.1, 0.15) is 24.0 Å². The lowest BCUT2D eigenvalue weighted by Crippen LogP contribution is -2.47. The molecule has 8 heteroatoms. The minimum absolute atomic E-state index is 0.151. The highest BCUT2D eigenvalue weighted by Crippen LogP contribution is 2.34. The fourth-order valence-corrected chi connectivity index (χ4v) is 6.42. The molecule has 3 aromatic carbocycles. The second-order valence-corrected chi connectivity index (χ2v) is 11.0. The number of likely N-dealkylation sites (tertiary alicyclic amines) is 1. The van der Waals surface area contributed by atoms with Crippen molar-refractivity contribution in [1.82, 2.24) is 4.90 Å². The summed E-state index contributed by atoms with van der Waals surface area (Å²) >= 11 is 6.02. The van der Waals surface area contributed by atoms with Gasteiger partial charge in [0.25, 0.3) is 10.0 Å². The van der Waals surface area contributed by atoms with E-state index in [9.17, 15) is 8.42 Å². The molecule has 0 aliphatic carbocycles. The van der Waals surface area contributed by atoms with Gasteiger partial charge in [0.1, 0.15) is 0 Å². The molecule has 0 unspecified atom stereocenters. The van der Waals surface area contributed by atoms with E-state index in [0.717, 1.165) is 30.0 Å². The minimum Gasteiger partial charge on any atom is -0.493 e. The van der Waals surface area contributed by atoms with Gasteiger partial charge in [0.05, 0.1) is 24.8 Å². The van der Waals surface area contributed by atoms with Gasteiger partial charge in [0, 0.05) is 36.3 Å². The van der Waals surface area contributed by atoms with Gasteiger partial charge in [-0.2, -0.15) is 0 Å². The van der Waals surface area contributed by atoms with Crippen molar-refractivity contribution in [2.75, 3.05) is 31.6 Å². The van der Waals surface area contributed by atoms with Crippen LogP contribution in [0.4, 0.5) is 5.69 Å². The number of ether oxygens (including phenoxy) is 2. The Hall–Kier alpha value is -2.74. The summed E-state index contributed by atoms with van der Waals surface area (Å²) in [4.78, 5) is 2.57. The van der Waals surface area contributed by atoms with Gasteiger partial charge in [-0.3, -0.25) is 9.21 Å². The monoisotopic (exact) mass is 514 g/mol. The highest BCUT2D eigenvalue weighted by Gasteiger charge is 2.34. The van der Waals surface area contributed by atoms with Crippen LogP contribution < -0.4 is 13.8 Å². The van der Waals surface area contributed by atoms with Crippen molar-refractivity contribution in [2.45, 2.75) is 37.2 Å². The molecule has 0 radical (unpaired) electrons. The molecule has 1 aliphatic rings. The number of sulfonamides is 1. The molecule has 4 rings (SSSR count). The molecule has 0 N–H and O–H groups in total. The zero-order valence-electron chi connectivity index (χ0n) is 20.3. The van der Waals surface area contributed by atoms with Crippen LogP contribution in [0.5, 0.6) is 11.5 Å². The number of hydrogen-bond acceptors (Lipinski definition) is 5. The molecule has 3 aromatic rings.